The Balaban J connectivity index is 2.06. The predicted octanol–water partition coefficient (Wildman–Crippen LogP) is 1.44. The van der Waals surface area contributed by atoms with Gasteiger partial charge >= 0.3 is 0 Å². The zero-order valence-electron chi connectivity index (χ0n) is 10.4. The molecular formula is C14H17N3O. The molecule has 0 aromatic heterocycles. The standard InChI is InChI=1S/C14H17N3O/c1-2-3-9-16-14(15)17-12-8-10-18-13-7-5-4-6-11(12)13/h4-7,12H,8-10H2,1H3,(H3,15,16,17). The van der Waals surface area contributed by atoms with Crippen molar-refractivity contribution >= 4 is 5.96 Å². The van der Waals surface area contributed by atoms with Crippen molar-refractivity contribution in [3.8, 4) is 17.6 Å². The van der Waals surface area contributed by atoms with Crippen molar-refractivity contribution < 1.29 is 4.74 Å². The first kappa shape index (κ1) is 12.3. The van der Waals surface area contributed by atoms with Crippen LogP contribution in [0.25, 0.3) is 0 Å². The van der Waals surface area contributed by atoms with Gasteiger partial charge in [-0.3, -0.25) is 0 Å². The number of guanidine groups is 1. The van der Waals surface area contributed by atoms with E-state index in [2.05, 4.69) is 22.2 Å². The van der Waals surface area contributed by atoms with E-state index in [1.165, 1.54) is 0 Å². The van der Waals surface area contributed by atoms with Crippen molar-refractivity contribution in [2.45, 2.75) is 19.4 Å². The molecule has 0 amide bonds. The third kappa shape index (κ3) is 2.95. The van der Waals surface area contributed by atoms with Gasteiger partial charge in [0.2, 0.25) is 0 Å². The molecule has 1 atom stereocenters. The van der Waals surface area contributed by atoms with E-state index in [9.17, 15) is 0 Å². The molecule has 3 N–H and O–H groups in total. The highest BCUT2D eigenvalue weighted by Gasteiger charge is 2.20. The first-order valence-corrected chi connectivity index (χ1v) is 5.99. The molecule has 0 fully saturated rings. The Labute approximate surface area is 107 Å². The van der Waals surface area contributed by atoms with Gasteiger partial charge in [-0.1, -0.05) is 24.1 Å². The minimum atomic E-state index is 0.160. The molecule has 94 valence electrons. The molecule has 0 saturated carbocycles. The van der Waals surface area contributed by atoms with Gasteiger partial charge in [-0.05, 0) is 13.0 Å². The molecule has 4 nitrogen and oxygen atoms in total. The number of aliphatic imine (C=N–C) groups is 1. The van der Waals surface area contributed by atoms with Gasteiger partial charge in [0, 0.05) is 12.0 Å². The van der Waals surface area contributed by atoms with Gasteiger partial charge < -0.3 is 15.8 Å². The second-order valence-corrected chi connectivity index (χ2v) is 4.00. The SMILES string of the molecule is CC#CCN=C(N)NC1CCOc2ccccc21. The molecule has 2 rings (SSSR count). The summed E-state index contributed by atoms with van der Waals surface area (Å²) in [5.41, 5.74) is 6.96. The quantitative estimate of drug-likeness (QED) is 0.469. The lowest BCUT2D eigenvalue weighted by atomic mass is 10.0. The van der Waals surface area contributed by atoms with Crippen molar-refractivity contribution in [3.05, 3.63) is 29.8 Å². The van der Waals surface area contributed by atoms with Gasteiger partial charge in [0.1, 0.15) is 12.3 Å². The first-order valence-electron chi connectivity index (χ1n) is 5.99. The maximum Gasteiger partial charge on any atom is 0.190 e. The Hall–Kier alpha value is -2.15. The molecule has 1 aromatic rings. The molecule has 4 heteroatoms. The summed E-state index contributed by atoms with van der Waals surface area (Å²) in [6, 6.07) is 8.14. The second-order valence-electron chi connectivity index (χ2n) is 4.00. The molecular weight excluding hydrogens is 226 g/mol. The topological polar surface area (TPSA) is 59.6 Å². The van der Waals surface area contributed by atoms with Crippen LogP contribution in [0, 0.1) is 11.8 Å². The number of nitrogens with two attached hydrogens (primary N) is 1. The fourth-order valence-electron chi connectivity index (χ4n) is 1.92. The van der Waals surface area contributed by atoms with Gasteiger partial charge in [0.05, 0.1) is 12.6 Å². The van der Waals surface area contributed by atoms with E-state index in [0.717, 1.165) is 17.7 Å². The molecule has 1 aromatic carbocycles. The number of rotatable bonds is 2. The number of ether oxygens (including phenoxy) is 1. The summed E-state index contributed by atoms with van der Waals surface area (Å²) >= 11 is 0. The van der Waals surface area contributed by atoms with E-state index in [1.54, 1.807) is 6.92 Å². The summed E-state index contributed by atoms with van der Waals surface area (Å²) < 4.78 is 5.59. The lowest BCUT2D eigenvalue weighted by Crippen LogP contribution is -2.37. The highest BCUT2D eigenvalue weighted by molar-refractivity contribution is 5.78. The number of nitrogens with zero attached hydrogens (tertiary/aromatic N) is 1. The number of para-hydroxylation sites is 1. The molecule has 0 bridgehead atoms. The molecule has 1 unspecified atom stereocenters. The van der Waals surface area contributed by atoms with Crippen molar-refractivity contribution in [1.29, 1.82) is 0 Å². The number of hydrogen-bond acceptors (Lipinski definition) is 2. The normalized spacial score (nSPS) is 18.1. The second kappa shape index (κ2) is 5.97. The summed E-state index contributed by atoms with van der Waals surface area (Å²) in [6.07, 6.45) is 0.882. The molecule has 0 spiro atoms. The Morgan fingerprint density at radius 2 is 2.39 bits per heavy atom. The van der Waals surface area contributed by atoms with Crippen LogP contribution in [0.5, 0.6) is 5.75 Å². The lowest BCUT2D eigenvalue weighted by Gasteiger charge is -2.26. The zero-order valence-corrected chi connectivity index (χ0v) is 10.4. The van der Waals surface area contributed by atoms with Crippen LogP contribution in [0.15, 0.2) is 29.3 Å². The summed E-state index contributed by atoms with van der Waals surface area (Å²) in [6.45, 7) is 2.91. The maximum atomic E-state index is 5.83. The third-order valence-electron chi connectivity index (χ3n) is 2.79. The average molecular weight is 243 g/mol. The van der Waals surface area contributed by atoms with E-state index in [0.29, 0.717) is 19.1 Å². The van der Waals surface area contributed by atoms with Gasteiger partial charge in [-0.2, -0.15) is 0 Å². The summed E-state index contributed by atoms with van der Waals surface area (Å²) in [5.74, 6) is 6.98. The van der Waals surface area contributed by atoms with Crippen LogP contribution >= 0.6 is 0 Å². The van der Waals surface area contributed by atoms with Crippen LogP contribution in [0.3, 0.4) is 0 Å². The van der Waals surface area contributed by atoms with E-state index in [1.807, 2.05) is 24.3 Å². The van der Waals surface area contributed by atoms with Crippen molar-refractivity contribution in [3.63, 3.8) is 0 Å². The van der Waals surface area contributed by atoms with Crippen LogP contribution in [0.2, 0.25) is 0 Å². The fourth-order valence-corrected chi connectivity index (χ4v) is 1.92. The van der Waals surface area contributed by atoms with E-state index in [4.69, 9.17) is 10.5 Å². The molecule has 1 aliphatic heterocycles. The monoisotopic (exact) mass is 243 g/mol. The van der Waals surface area contributed by atoms with Gasteiger partial charge in [-0.15, -0.1) is 5.92 Å². The van der Waals surface area contributed by atoms with Gasteiger partial charge in [-0.25, -0.2) is 4.99 Å². The van der Waals surface area contributed by atoms with Gasteiger partial charge in [0.15, 0.2) is 5.96 Å². The molecule has 1 heterocycles. The zero-order chi connectivity index (χ0) is 12.8. The van der Waals surface area contributed by atoms with Crippen molar-refractivity contribution in [1.82, 2.24) is 5.32 Å². The minimum Gasteiger partial charge on any atom is -0.493 e. The average Bonchev–Trinajstić information content (AvgIpc) is 2.39. The van der Waals surface area contributed by atoms with Crippen LogP contribution in [-0.2, 0) is 0 Å². The number of fused-ring (bicyclic) bond motifs is 1. The molecule has 18 heavy (non-hydrogen) atoms. The Morgan fingerprint density at radius 3 is 3.22 bits per heavy atom. The van der Waals surface area contributed by atoms with Crippen LogP contribution < -0.4 is 15.8 Å². The molecule has 0 radical (unpaired) electrons. The molecule has 0 saturated heterocycles. The maximum absolute atomic E-state index is 5.83. The Bertz CT molecular complexity index is 499. The predicted molar refractivity (Wildman–Crippen MR) is 72.4 cm³/mol. The van der Waals surface area contributed by atoms with E-state index in [-0.39, 0.29) is 6.04 Å². The van der Waals surface area contributed by atoms with Gasteiger partial charge in [0.25, 0.3) is 0 Å². The largest absolute Gasteiger partial charge is 0.493 e. The van der Waals surface area contributed by atoms with E-state index < -0.39 is 0 Å². The summed E-state index contributed by atoms with van der Waals surface area (Å²) in [5, 5.41) is 3.21. The highest BCUT2D eigenvalue weighted by atomic mass is 16.5. The molecule has 1 aliphatic rings. The smallest absolute Gasteiger partial charge is 0.190 e. The third-order valence-corrected chi connectivity index (χ3v) is 2.79. The Morgan fingerprint density at radius 1 is 1.56 bits per heavy atom. The summed E-state index contributed by atoms with van der Waals surface area (Å²) in [7, 11) is 0. The lowest BCUT2D eigenvalue weighted by molar-refractivity contribution is 0.262. The van der Waals surface area contributed by atoms with Crippen molar-refractivity contribution in [2.75, 3.05) is 13.2 Å². The Kier molecular flexibility index (Phi) is 4.08. The highest BCUT2D eigenvalue weighted by Crippen LogP contribution is 2.31. The number of benzene rings is 1. The minimum absolute atomic E-state index is 0.160. The van der Waals surface area contributed by atoms with E-state index >= 15 is 0 Å². The summed E-state index contributed by atoms with van der Waals surface area (Å²) in [4.78, 5) is 4.15. The fraction of sp³-hybridized carbons (Fsp3) is 0.357. The first-order chi connectivity index (χ1) is 8.81. The molecule has 0 aliphatic carbocycles. The van der Waals surface area contributed by atoms with Crippen molar-refractivity contribution in [2.24, 2.45) is 10.7 Å². The number of hydrogen-bond donors (Lipinski definition) is 2. The van der Waals surface area contributed by atoms with Crippen LogP contribution in [0.4, 0.5) is 0 Å². The van der Waals surface area contributed by atoms with Crippen LogP contribution in [-0.4, -0.2) is 19.1 Å². The number of nitrogens with one attached hydrogen (secondary N) is 1. The van der Waals surface area contributed by atoms with Crippen LogP contribution in [0.1, 0.15) is 24.9 Å².